The number of nitrogens with two attached hydrogens (primary N) is 1. The van der Waals surface area contributed by atoms with Crippen molar-refractivity contribution in [1.82, 2.24) is 10.6 Å². The number of hydrogen-bond acceptors (Lipinski definition) is 17. The lowest BCUT2D eigenvalue weighted by Crippen LogP contribution is -2.69. The van der Waals surface area contributed by atoms with Crippen LogP contribution in [0.15, 0.2) is 90.5 Å². The lowest BCUT2D eigenvalue weighted by molar-refractivity contribution is -0.271. The fourth-order valence-corrected chi connectivity index (χ4v) is 14.6. The summed E-state index contributed by atoms with van der Waals surface area (Å²) in [5, 5.41) is 74.7. The molecule has 3 amide bonds. The normalized spacial score (nSPS) is 32.4. The summed E-state index contributed by atoms with van der Waals surface area (Å²) in [4.78, 5) is 78.4. The quantitative estimate of drug-likeness (QED) is 0.0638. The van der Waals surface area contributed by atoms with Gasteiger partial charge in [0.1, 0.15) is 49.5 Å². The van der Waals surface area contributed by atoms with Crippen LogP contribution in [0.5, 0.6) is 5.75 Å². The standard InChI is InChI=1S/C61H76F2N6O15/c1-33(71)67-45(10-4-5-19-64)54(78)66-21-7-20-65-46-24-36(13-16-47(46)83-56-52(77)50(75)51(76)53(84-56)55(79)80)31-82-57(81)68-38-9-6-8-35(23-38)22-34-11-14-39(15-12-34)69-29-37-25-41-42-27-44(62)43-26-40(72)17-18-58(43,2)61(42,63)48(73)28-59(41,3)60(37,32-69)49(74)30-70/h6,8-9,11-18,23-24,26,37,41-42,44-45,48,50-53,56,65,70,73,75-77H,4-5,7,10,19-22,25,27-32,64H2,1-3H3,(H,66,78)(H,67,71)(H,68,81)(H,79,80)/t37-,41-,42-,44-,45-,48-,50-,51-,52+,53-,56+,58-,59-,60+,61-/m0/s1. The molecule has 0 aromatic heterocycles. The van der Waals surface area contributed by atoms with Crippen LogP contribution in [-0.4, -0.2) is 160 Å². The van der Waals surface area contributed by atoms with Crippen LogP contribution in [0.2, 0.25) is 0 Å². The predicted molar refractivity (Wildman–Crippen MR) is 302 cm³/mol. The van der Waals surface area contributed by atoms with Gasteiger partial charge in [-0.05, 0) is 153 Å². The Morgan fingerprint density at radius 3 is 2.37 bits per heavy atom. The molecular formula is C61H76F2N6O15. The number of benzene rings is 3. The molecule has 2 aliphatic heterocycles. The first kappa shape index (κ1) is 61.7. The van der Waals surface area contributed by atoms with Crippen molar-refractivity contribution in [2.24, 2.45) is 39.7 Å². The number of amides is 3. The number of ketones is 2. The first-order valence-corrected chi connectivity index (χ1v) is 28.7. The van der Waals surface area contributed by atoms with Gasteiger partial charge in [-0.1, -0.05) is 43.3 Å². The van der Waals surface area contributed by atoms with Gasteiger partial charge in [0.25, 0.3) is 0 Å². The monoisotopic (exact) mass is 1170 g/mol. The zero-order valence-corrected chi connectivity index (χ0v) is 47.2. The van der Waals surface area contributed by atoms with Gasteiger partial charge in [-0.2, -0.15) is 0 Å². The largest absolute Gasteiger partial charge is 0.479 e. The van der Waals surface area contributed by atoms with Crippen molar-refractivity contribution in [3.8, 4) is 5.75 Å². The van der Waals surface area contributed by atoms with Crippen molar-refractivity contribution in [3.63, 3.8) is 0 Å². The van der Waals surface area contributed by atoms with E-state index in [4.69, 9.17) is 19.9 Å². The second-order valence-electron chi connectivity index (χ2n) is 23.8. The number of carbonyl (C=O) groups excluding carboxylic acids is 5. The first-order valence-electron chi connectivity index (χ1n) is 28.7. The summed E-state index contributed by atoms with van der Waals surface area (Å²) in [6.07, 6.45) is -6.83. The van der Waals surface area contributed by atoms with Gasteiger partial charge in [0.05, 0.1) is 17.2 Å². The van der Waals surface area contributed by atoms with Crippen molar-refractivity contribution in [3.05, 3.63) is 107 Å². The van der Waals surface area contributed by atoms with Crippen molar-refractivity contribution in [2.45, 2.75) is 133 Å². The number of carboxylic acid groups (broad SMARTS) is 1. The molecule has 2 heterocycles. The Kier molecular flexibility index (Phi) is 18.4. The van der Waals surface area contributed by atoms with Crippen LogP contribution >= 0.6 is 0 Å². The van der Waals surface area contributed by atoms with E-state index in [2.05, 4.69) is 26.2 Å². The second-order valence-corrected chi connectivity index (χ2v) is 23.8. The molecule has 0 spiro atoms. The van der Waals surface area contributed by atoms with Crippen LogP contribution in [0, 0.1) is 34.0 Å². The van der Waals surface area contributed by atoms with E-state index >= 15 is 8.78 Å². The smallest absolute Gasteiger partial charge is 0.411 e. The number of ether oxygens (including phenoxy) is 3. The summed E-state index contributed by atoms with van der Waals surface area (Å²) in [6, 6.07) is 18.8. The number of carbonyl (C=O) groups is 6. The number of alkyl halides is 2. The molecule has 84 heavy (non-hydrogen) atoms. The fraction of sp³-hybridized carbons (Fsp3) is 0.541. The minimum absolute atomic E-state index is 0.0376. The Balaban J connectivity index is 0.820. The number of carboxylic acids is 1. The number of anilines is 3. The highest BCUT2D eigenvalue weighted by atomic mass is 19.1. The maximum absolute atomic E-state index is 17.9. The average Bonchev–Trinajstić information content (AvgIpc) is 1.42. The predicted octanol–water partition coefficient (Wildman–Crippen LogP) is 3.76. The number of unbranched alkanes of at least 4 members (excludes halogenated alkanes) is 1. The minimum atomic E-state index is -2.28. The van der Waals surface area contributed by atoms with E-state index in [1.165, 1.54) is 25.1 Å². The van der Waals surface area contributed by atoms with E-state index in [-0.39, 0.29) is 79.6 Å². The topological polar surface area (TPSA) is 329 Å². The molecule has 3 aromatic rings. The highest BCUT2D eigenvalue weighted by molar-refractivity contribution is 6.01. The Hall–Kier alpha value is -6.86. The molecule has 0 unspecified atom stereocenters. The van der Waals surface area contributed by atoms with Gasteiger partial charge in [-0.15, -0.1) is 0 Å². The maximum atomic E-state index is 17.9. The molecule has 454 valence electrons. The molecule has 3 aromatic carbocycles. The van der Waals surface area contributed by atoms with Crippen LogP contribution in [0.1, 0.15) is 82.4 Å². The summed E-state index contributed by atoms with van der Waals surface area (Å²) >= 11 is 0. The molecule has 23 heteroatoms. The van der Waals surface area contributed by atoms with Crippen LogP contribution in [-0.2, 0) is 46.5 Å². The molecule has 12 N–H and O–H groups in total. The molecule has 4 aliphatic carbocycles. The SMILES string of the molecule is CC(=O)N[C@@H](CCCCN)C(=O)NCCCNc1cc(COC(=O)Nc2cccc(Cc3ccc(N4C[C@@H]5C[C@H]6[C@@H]7C[C@H](F)C8=CC(=O)C=C[C@]8(C)[C@@]7(F)[C@@H](O)C[C@]6(C)[C@]5(C(=O)CO)C4)cc3)c2)ccc1O[C@@H]1O[C@H](C(=O)O)[C@@H](O)[C@H](O)[C@H]1O. The number of rotatable bonds is 22. The highest BCUT2D eigenvalue weighted by Gasteiger charge is 2.78. The lowest BCUT2D eigenvalue weighted by Gasteiger charge is -2.63. The summed E-state index contributed by atoms with van der Waals surface area (Å²) < 4.78 is 50.9. The molecule has 6 aliphatic rings. The summed E-state index contributed by atoms with van der Waals surface area (Å²) in [6.45, 7) is 5.33. The molecule has 2 saturated heterocycles. The van der Waals surface area contributed by atoms with Crippen LogP contribution in [0.3, 0.4) is 0 Å². The van der Waals surface area contributed by atoms with Crippen molar-refractivity contribution in [1.29, 1.82) is 0 Å². The van der Waals surface area contributed by atoms with Gasteiger partial charge in [0.2, 0.25) is 18.1 Å². The zero-order chi connectivity index (χ0) is 60.5. The van der Waals surface area contributed by atoms with Gasteiger partial charge < -0.3 is 71.4 Å². The molecule has 0 bridgehead atoms. The third kappa shape index (κ3) is 11.7. The molecule has 9 rings (SSSR count). The molecule has 5 fully saturated rings. The number of Topliss-reactive ketones (excluding diaryl/α,β-unsaturated/α-hetero) is 1. The third-order valence-electron chi connectivity index (χ3n) is 18.8. The van der Waals surface area contributed by atoms with E-state index in [9.17, 15) is 59.4 Å². The third-order valence-corrected chi connectivity index (χ3v) is 18.8. The number of nitrogens with one attached hydrogen (secondary N) is 4. The highest BCUT2D eigenvalue weighted by Crippen LogP contribution is 2.74. The molecular weight excluding hydrogens is 1090 g/mol. The Labute approximate surface area is 485 Å². The molecule has 15 atom stereocenters. The average molecular weight is 1170 g/mol. The number of fused-ring (bicyclic) bond motifs is 7. The van der Waals surface area contributed by atoms with Crippen LogP contribution in [0.25, 0.3) is 0 Å². The Morgan fingerprint density at radius 1 is 0.905 bits per heavy atom. The zero-order valence-electron chi connectivity index (χ0n) is 47.2. The summed E-state index contributed by atoms with van der Waals surface area (Å²) in [5.74, 6) is -4.81. The number of aliphatic hydroxyl groups is 5. The number of halogens is 2. The summed E-state index contributed by atoms with van der Waals surface area (Å²) in [7, 11) is 0. The number of aliphatic carboxylic acids is 1. The molecule has 21 nitrogen and oxygen atoms in total. The maximum Gasteiger partial charge on any atom is 0.411 e. The number of nitrogens with zero attached hydrogens (tertiary/aromatic N) is 1. The van der Waals surface area contributed by atoms with Crippen molar-refractivity contribution >= 4 is 52.5 Å². The van der Waals surface area contributed by atoms with Crippen LogP contribution in [0.4, 0.5) is 30.6 Å². The van der Waals surface area contributed by atoms with E-state index in [0.29, 0.717) is 62.9 Å². The van der Waals surface area contributed by atoms with E-state index < -0.39 is 107 Å². The summed E-state index contributed by atoms with van der Waals surface area (Å²) in [5.41, 5.74) is 3.49. The Morgan fingerprint density at radius 2 is 1.65 bits per heavy atom. The van der Waals surface area contributed by atoms with Crippen LogP contribution < -0.4 is 36.6 Å². The van der Waals surface area contributed by atoms with Crippen molar-refractivity contribution < 1.29 is 82.4 Å². The molecule has 3 saturated carbocycles. The number of allylic oxidation sites excluding steroid dienone is 4. The van der Waals surface area contributed by atoms with E-state index in [1.54, 1.807) is 37.3 Å². The minimum Gasteiger partial charge on any atom is -0.479 e. The first-order chi connectivity index (χ1) is 40.0. The van der Waals surface area contributed by atoms with Gasteiger partial charge in [0, 0.05) is 55.8 Å². The van der Waals surface area contributed by atoms with Crippen molar-refractivity contribution in [2.75, 3.05) is 54.9 Å². The lowest BCUT2D eigenvalue weighted by atomic mass is 9.43. The van der Waals surface area contributed by atoms with E-state index in [1.807, 2.05) is 37.3 Å². The van der Waals surface area contributed by atoms with Gasteiger partial charge in [-0.25, -0.2) is 18.4 Å². The number of aliphatic hydroxyl groups excluding tert-OH is 5. The van der Waals surface area contributed by atoms with Gasteiger partial charge in [-0.3, -0.25) is 24.5 Å². The number of hydrogen-bond donors (Lipinski definition) is 11. The van der Waals surface area contributed by atoms with Gasteiger partial charge in [0.15, 0.2) is 23.3 Å². The second kappa shape index (κ2) is 25.0. The van der Waals surface area contributed by atoms with E-state index in [0.717, 1.165) is 22.9 Å². The fourth-order valence-electron chi connectivity index (χ4n) is 14.6. The molecule has 0 radical (unpaired) electrons. The Bertz CT molecular complexity index is 3040. The van der Waals surface area contributed by atoms with Gasteiger partial charge >= 0.3 is 12.1 Å².